The SMILES string of the molecule is CCN1CC(c2ccccc2)CC2(CCN(C(=O)Cn3ccccc3=O)CC2)C1. The third-order valence-corrected chi connectivity index (χ3v) is 6.82. The lowest BCUT2D eigenvalue weighted by atomic mass is 9.68. The number of aromatic nitrogens is 1. The summed E-state index contributed by atoms with van der Waals surface area (Å²) in [4.78, 5) is 29.2. The molecule has 1 unspecified atom stereocenters. The first-order valence-electron chi connectivity index (χ1n) is 10.8. The molecule has 154 valence electrons. The number of likely N-dealkylation sites (tertiary alicyclic amines) is 2. The highest BCUT2D eigenvalue weighted by Gasteiger charge is 2.42. The van der Waals surface area contributed by atoms with Crippen LogP contribution in [0.4, 0.5) is 0 Å². The Bertz CT molecular complexity index is 884. The van der Waals surface area contributed by atoms with Crippen LogP contribution in [-0.2, 0) is 11.3 Å². The smallest absolute Gasteiger partial charge is 0.250 e. The number of pyridine rings is 1. The van der Waals surface area contributed by atoms with Gasteiger partial charge in [0.1, 0.15) is 6.54 Å². The summed E-state index contributed by atoms with van der Waals surface area (Å²) in [7, 11) is 0. The van der Waals surface area contributed by atoms with Crippen molar-refractivity contribution >= 4 is 5.91 Å². The molecule has 5 heteroatoms. The van der Waals surface area contributed by atoms with Gasteiger partial charge in [-0.2, -0.15) is 0 Å². The lowest BCUT2D eigenvalue weighted by Gasteiger charge is -2.50. The van der Waals surface area contributed by atoms with E-state index in [2.05, 4.69) is 42.2 Å². The van der Waals surface area contributed by atoms with E-state index >= 15 is 0 Å². The van der Waals surface area contributed by atoms with Crippen molar-refractivity contribution in [2.45, 2.75) is 38.6 Å². The predicted molar refractivity (Wildman–Crippen MR) is 115 cm³/mol. The molecule has 0 bridgehead atoms. The molecule has 0 radical (unpaired) electrons. The van der Waals surface area contributed by atoms with E-state index in [1.807, 2.05) is 4.90 Å². The first-order chi connectivity index (χ1) is 14.1. The Hall–Kier alpha value is -2.40. The van der Waals surface area contributed by atoms with E-state index in [1.165, 1.54) is 22.6 Å². The molecule has 2 fully saturated rings. The number of nitrogens with zero attached hydrogens (tertiary/aromatic N) is 3. The fourth-order valence-electron chi connectivity index (χ4n) is 5.12. The summed E-state index contributed by atoms with van der Waals surface area (Å²) in [5, 5.41) is 0. The average molecular weight is 394 g/mol. The van der Waals surface area contributed by atoms with Crippen LogP contribution in [0.3, 0.4) is 0 Å². The summed E-state index contributed by atoms with van der Waals surface area (Å²) in [6.07, 6.45) is 4.98. The van der Waals surface area contributed by atoms with E-state index in [0.717, 1.165) is 45.6 Å². The maximum atomic E-state index is 12.8. The normalized spacial score (nSPS) is 22.0. The van der Waals surface area contributed by atoms with E-state index < -0.39 is 0 Å². The number of benzene rings is 1. The van der Waals surface area contributed by atoms with E-state index in [-0.39, 0.29) is 23.4 Å². The van der Waals surface area contributed by atoms with Gasteiger partial charge in [0.2, 0.25) is 5.91 Å². The van der Waals surface area contributed by atoms with Crippen LogP contribution in [0.2, 0.25) is 0 Å². The van der Waals surface area contributed by atoms with Crippen LogP contribution in [0, 0.1) is 5.41 Å². The minimum atomic E-state index is -0.120. The number of rotatable bonds is 4. The van der Waals surface area contributed by atoms with Gasteiger partial charge < -0.3 is 14.4 Å². The second-order valence-corrected chi connectivity index (χ2v) is 8.69. The highest BCUT2D eigenvalue weighted by molar-refractivity contribution is 5.76. The number of piperidine rings is 2. The number of hydrogen-bond donors (Lipinski definition) is 0. The molecule has 0 saturated carbocycles. The Morgan fingerprint density at radius 3 is 2.48 bits per heavy atom. The molecule has 1 atom stereocenters. The molecule has 4 rings (SSSR count). The largest absolute Gasteiger partial charge is 0.341 e. The van der Waals surface area contributed by atoms with Crippen molar-refractivity contribution in [1.82, 2.24) is 14.4 Å². The van der Waals surface area contributed by atoms with E-state index in [1.54, 1.807) is 18.3 Å². The van der Waals surface area contributed by atoms with E-state index in [9.17, 15) is 9.59 Å². The van der Waals surface area contributed by atoms with Gasteiger partial charge >= 0.3 is 0 Å². The van der Waals surface area contributed by atoms with Gasteiger partial charge in [0.05, 0.1) is 0 Å². The van der Waals surface area contributed by atoms with Crippen molar-refractivity contribution in [3.05, 3.63) is 70.6 Å². The minimum Gasteiger partial charge on any atom is -0.341 e. The summed E-state index contributed by atoms with van der Waals surface area (Å²) in [5.41, 5.74) is 1.60. The zero-order valence-corrected chi connectivity index (χ0v) is 17.3. The molecule has 2 aliphatic heterocycles. The van der Waals surface area contributed by atoms with Gasteiger partial charge in [0.15, 0.2) is 0 Å². The zero-order chi connectivity index (χ0) is 20.3. The maximum Gasteiger partial charge on any atom is 0.250 e. The van der Waals surface area contributed by atoms with Gasteiger partial charge in [-0.15, -0.1) is 0 Å². The van der Waals surface area contributed by atoms with Gasteiger partial charge in [-0.3, -0.25) is 9.59 Å². The average Bonchev–Trinajstić information content (AvgIpc) is 2.76. The van der Waals surface area contributed by atoms with Crippen LogP contribution in [0.15, 0.2) is 59.5 Å². The summed E-state index contributed by atoms with van der Waals surface area (Å²) >= 11 is 0. The Morgan fingerprint density at radius 2 is 1.79 bits per heavy atom. The molecule has 2 aliphatic rings. The summed E-state index contributed by atoms with van der Waals surface area (Å²) < 4.78 is 1.50. The molecule has 1 amide bonds. The maximum absolute atomic E-state index is 12.8. The van der Waals surface area contributed by atoms with Gasteiger partial charge in [-0.05, 0) is 48.8 Å². The molecule has 1 spiro atoms. The molecule has 1 aromatic heterocycles. The van der Waals surface area contributed by atoms with Crippen molar-refractivity contribution in [3.63, 3.8) is 0 Å². The van der Waals surface area contributed by atoms with Crippen molar-refractivity contribution in [2.75, 3.05) is 32.7 Å². The van der Waals surface area contributed by atoms with E-state index in [4.69, 9.17) is 0 Å². The fraction of sp³-hybridized carbons (Fsp3) is 0.500. The summed E-state index contributed by atoms with van der Waals surface area (Å²) in [6, 6.07) is 15.9. The molecule has 5 nitrogen and oxygen atoms in total. The zero-order valence-electron chi connectivity index (χ0n) is 17.3. The van der Waals surface area contributed by atoms with Crippen molar-refractivity contribution in [1.29, 1.82) is 0 Å². The predicted octanol–water partition coefficient (Wildman–Crippen LogP) is 2.97. The molecule has 0 N–H and O–H groups in total. The third-order valence-electron chi connectivity index (χ3n) is 6.82. The summed E-state index contributed by atoms with van der Waals surface area (Å²) in [5.74, 6) is 0.617. The van der Waals surface area contributed by atoms with Crippen LogP contribution >= 0.6 is 0 Å². The van der Waals surface area contributed by atoms with Crippen LogP contribution < -0.4 is 5.56 Å². The molecule has 2 saturated heterocycles. The second kappa shape index (κ2) is 8.54. The highest BCUT2D eigenvalue weighted by atomic mass is 16.2. The first-order valence-corrected chi connectivity index (χ1v) is 10.8. The van der Waals surface area contributed by atoms with Gasteiger partial charge in [-0.1, -0.05) is 43.3 Å². The standard InChI is InChI=1S/C24H31N3O2/c1-2-25-17-21(20-8-4-3-5-9-20)16-24(19-25)11-14-26(15-12-24)23(29)18-27-13-7-6-10-22(27)28/h3-10,13,21H,2,11-12,14-19H2,1H3. The Labute approximate surface area is 172 Å². The molecule has 2 aromatic rings. The fourth-order valence-corrected chi connectivity index (χ4v) is 5.12. The van der Waals surface area contributed by atoms with Crippen LogP contribution in [0.5, 0.6) is 0 Å². The molecule has 0 aliphatic carbocycles. The first kappa shape index (κ1) is 19.9. The van der Waals surface area contributed by atoms with E-state index in [0.29, 0.717) is 5.92 Å². The second-order valence-electron chi connectivity index (χ2n) is 8.69. The number of carbonyl (C=O) groups is 1. The minimum absolute atomic E-state index is 0.0518. The molecule has 29 heavy (non-hydrogen) atoms. The van der Waals surface area contributed by atoms with Gasteiger partial charge in [0.25, 0.3) is 5.56 Å². The van der Waals surface area contributed by atoms with Crippen LogP contribution in [0.1, 0.15) is 37.7 Å². The Kier molecular flexibility index (Phi) is 5.86. The number of amides is 1. The van der Waals surface area contributed by atoms with Crippen molar-refractivity contribution in [3.8, 4) is 0 Å². The van der Waals surface area contributed by atoms with Gasteiger partial charge in [-0.25, -0.2) is 0 Å². The highest BCUT2D eigenvalue weighted by Crippen LogP contribution is 2.45. The Morgan fingerprint density at radius 1 is 1.07 bits per heavy atom. The molecular weight excluding hydrogens is 362 g/mol. The lowest BCUT2D eigenvalue weighted by molar-refractivity contribution is -0.135. The molecule has 1 aromatic carbocycles. The topological polar surface area (TPSA) is 45.5 Å². The van der Waals surface area contributed by atoms with Gasteiger partial charge in [0, 0.05) is 38.4 Å². The molecule has 3 heterocycles. The number of carbonyl (C=O) groups excluding carboxylic acids is 1. The lowest BCUT2D eigenvalue weighted by Crippen LogP contribution is -2.53. The molecular formula is C24H31N3O2. The third kappa shape index (κ3) is 4.45. The van der Waals surface area contributed by atoms with Crippen LogP contribution in [-0.4, -0.2) is 53.0 Å². The quantitative estimate of drug-likeness (QED) is 0.802. The van der Waals surface area contributed by atoms with Crippen LogP contribution in [0.25, 0.3) is 0 Å². The monoisotopic (exact) mass is 393 g/mol. The number of hydrogen-bond acceptors (Lipinski definition) is 3. The summed E-state index contributed by atoms with van der Waals surface area (Å²) in [6.45, 7) is 7.30. The number of likely N-dealkylation sites (N-methyl/N-ethyl adjacent to an activating group) is 1. The van der Waals surface area contributed by atoms with Crippen molar-refractivity contribution < 1.29 is 4.79 Å². The Balaban J connectivity index is 1.42. The van der Waals surface area contributed by atoms with Crippen molar-refractivity contribution in [2.24, 2.45) is 5.41 Å².